The first-order valence-corrected chi connectivity index (χ1v) is 9.24. The van der Waals surface area contributed by atoms with E-state index in [-0.39, 0.29) is 35.8 Å². The van der Waals surface area contributed by atoms with Crippen molar-refractivity contribution >= 4 is 35.6 Å². The van der Waals surface area contributed by atoms with Gasteiger partial charge in [-0.1, -0.05) is 18.2 Å². The molecule has 1 unspecified atom stereocenters. The molecular formula is C21H28FIN4O. The minimum absolute atomic E-state index is 0. The Hall–Kier alpha value is -1.71. The maximum atomic E-state index is 13.7. The number of guanidine groups is 1. The Morgan fingerprint density at radius 1 is 1.18 bits per heavy atom. The van der Waals surface area contributed by atoms with Crippen molar-refractivity contribution in [3.8, 4) is 0 Å². The summed E-state index contributed by atoms with van der Waals surface area (Å²) in [7, 11) is 0. The van der Waals surface area contributed by atoms with Gasteiger partial charge in [0.2, 0.25) is 0 Å². The Balaban J connectivity index is 0.00000280. The third kappa shape index (κ3) is 6.15. The van der Waals surface area contributed by atoms with E-state index in [1.165, 1.54) is 17.2 Å². The molecule has 152 valence electrons. The lowest BCUT2D eigenvalue weighted by molar-refractivity contribution is 0.0179. The summed E-state index contributed by atoms with van der Waals surface area (Å²) in [5.74, 6) is 0.115. The molecule has 7 heteroatoms. The fourth-order valence-electron chi connectivity index (χ4n) is 3.23. The van der Waals surface area contributed by atoms with Crippen molar-refractivity contribution in [2.45, 2.75) is 19.9 Å². The number of ether oxygens (including phenoxy) is 1. The van der Waals surface area contributed by atoms with Gasteiger partial charge in [-0.05, 0) is 54.8 Å². The highest BCUT2D eigenvalue weighted by molar-refractivity contribution is 14.0. The van der Waals surface area contributed by atoms with Gasteiger partial charge in [0.05, 0.1) is 25.8 Å². The molecule has 5 nitrogen and oxygen atoms in total. The highest BCUT2D eigenvalue weighted by Gasteiger charge is 2.22. The van der Waals surface area contributed by atoms with Crippen LogP contribution in [0.1, 0.15) is 22.7 Å². The summed E-state index contributed by atoms with van der Waals surface area (Å²) >= 11 is 0. The largest absolute Gasteiger partial charge is 0.379 e. The zero-order valence-corrected chi connectivity index (χ0v) is 18.7. The van der Waals surface area contributed by atoms with E-state index in [0.717, 1.165) is 24.3 Å². The van der Waals surface area contributed by atoms with Crippen LogP contribution in [0.5, 0.6) is 0 Å². The third-order valence-corrected chi connectivity index (χ3v) is 4.93. The fourth-order valence-corrected chi connectivity index (χ4v) is 3.23. The predicted octanol–water partition coefficient (Wildman–Crippen LogP) is 3.86. The molecule has 3 rings (SSSR count). The molecular weight excluding hydrogens is 470 g/mol. The number of nitrogens with one attached hydrogen (secondary N) is 1. The van der Waals surface area contributed by atoms with Crippen LogP contribution in [-0.2, 0) is 4.74 Å². The molecule has 0 aliphatic carbocycles. The van der Waals surface area contributed by atoms with Crippen LogP contribution >= 0.6 is 24.0 Å². The Morgan fingerprint density at radius 3 is 2.61 bits per heavy atom. The lowest BCUT2D eigenvalue weighted by Gasteiger charge is -2.34. The normalized spacial score (nSPS) is 16.3. The first-order valence-electron chi connectivity index (χ1n) is 9.24. The molecule has 2 aromatic rings. The van der Waals surface area contributed by atoms with Crippen LogP contribution in [0.15, 0.2) is 47.5 Å². The Morgan fingerprint density at radius 2 is 1.93 bits per heavy atom. The minimum Gasteiger partial charge on any atom is -0.379 e. The molecule has 1 fully saturated rings. The molecule has 1 saturated heterocycles. The second-order valence-electron chi connectivity index (χ2n) is 6.87. The van der Waals surface area contributed by atoms with E-state index in [1.54, 1.807) is 12.1 Å². The number of halogens is 2. The van der Waals surface area contributed by atoms with Crippen LogP contribution in [0.4, 0.5) is 10.1 Å². The zero-order chi connectivity index (χ0) is 19.2. The van der Waals surface area contributed by atoms with Crippen molar-refractivity contribution in [2.24, 2.45) is 10.7 Å². The first kappa shape index (κ1) is 22.6. The third-order valence-electron chi connectivity index (χ3n) is 4.93. The van der Waals surface area contributed by atoms with E-state index in [4.69, 9.17) is 10.5 Å². The summed E-state index contributed by atoms with van der Waals surface area (Å²) in [5.41, 5.74) is 10.3. The molecule has 1 aliphatic heterocycles. The van der Waals surface area contributed by atoms with Gasteiger partial charge in [0.1, 0.15) is 5.82 Å². The number of rotatable bonds is 5. The molecule has 0 saturated carbocycles. The van der Waals surface area contributed by atoms with Crippen molar-refractivity contribution in [3.63, 3.8) is 0 Å². The molecule has 2 aromatic carbocycles. The SMILES string of the molecule is Cc1ccc(NC(N)=NCC(c2cccc(F)c2)N2CCOCC2)cc1C.I. The molecule has 0 amide bonds. The van der Waals surface area contributed by atoms with Gasteiger partial charge in [0, 0.05) is 18.8 Å². The summed E-state index contributed by atoms with van der Waals surface area (Å²) in [6.45, 7) is 7.52. The predicted molar refractivity (Wildman–Crippen MR) is 123 cm³/mol. The number of nitrogens with two attached hydrogens (primary N) is 1. The number of anilines is 1. The molecule has 0 radical (unpaired) electrons. The zero-order valence-electron chi connectivity index (χ0n) is 16.3. The Bertz CT molecular complexity index is 809. The number of aliphatic imine (C=N–C) groups is 1. The molecule has 28 heavy (non-hydrogen) atoms. The second kappa shape index (κ2) is 10.7. The Labute approximate surface area is 183 Å². The summed E-state index contributed by atoms with van der Waals surface area (Å²) in [6, 6.07) is 12.7. The molecule has 1 heterocycles. The number of hydrogen-bond acceptors (Lipinski definition) is 3. The van der Waals surface area contributed by atoms with Crippen LogP contribution in [0.25, 0.3) is 0 Å². The van der Waals surface area contributed by atoms with Crippen molar-refractivity contribution in [2.75, 3.05) is 38.2 Å². The number of benzene rings is 2. The van der Waals surface area contributed by atoms with Gasteiger partial charge in [-0.15, -0.1) is 24.0 Å². The van der Waals surface area contributed by atoms with Gasteiger partial charge in [-0.3, -0.25) is 9.89 Å². The van der Waals surface area contributed by atoms with E-state index in [9.17, 15) is 4.39 Å². The monoisotopic (exact) mass is 498 g/mol. The van der Waals surface area contributed by atoms with E-state index in [1.807, 2.05) is 24.3 Å². The van der Waals surface area contributed by atoms with Crippen LogP contribution in [-0.4, -0.2) is 43.7 Å². The number of hydrogen-bond donors (Lipinski definition) is 2. The van der Waals surface area contributed by atoms with Gasteiger partial charge in [0.25, 0.3) is 0 Å². The van der Waals surface area contributed by atoms with Crippen LogP contribution < -0.4 is 11.1 Å². The van der Waals surface area contributed by atoms with Crippen LogP contribution in [0.3, 0.4) is 0 Å². The fraction of sp³-hybridized carbons (Fsp3) is 0.381. The van der Waals surface area contributed by atoms with Crippen molar-refractivity contribution in [1.29, 1.82) is 0 Å². The number of morpholine rings is 1. The van der Waals surface area contributed by atoms with E-state index in [0.29, 0.717) is 25.7 Å². The van der Waals surface area contributed by atoms with Crippen LogP contribution in [0, 0.1) is 19.7 Å². The van der Waals surface area contributed by atoms with Gasteiger partial charge in [0.15, 0.2) is 5.96 Å². The highest BCUT2D eigenvalue weighted by Crippen LogP contribution is 2.23. The summed E-state index contributed by atoms with van der Waals surface area (Å²) in [4.78, 5) is 6.80. The van der Waals surface area contributed by atoms with Crippen molar-refractivity contribution in [3.05, 3.63) is 65.0 Å². The number of nitrogens with zero attached hydrogens (tertiary/aromatic N) is 2. The van der Waals surface area contributed by atoms with Gasteiger partial charge in [-0.25, -0.2) is 4.39 Å². The van der Waals surface area contributed by atoms with Gasteiger partial charge < -0.3 is 15.8 Å². The topological polar surface area (TPSA) is 62.9 Å². The average molecular weight is 498 g/mol. The maximum Gasteiger partial charge on any atom is 0.193 e. The molecule has 1 aliphatic rings. The van der Waals surface area contributed by atoms with Gasteiger partial charge >= 0.3 is 0 Å². The summed E-state index contributed by atoms with van der Waals surface area (Å²) in [5, 5.41) is 3.14. The number of aryl methyl sites for hydroxylation is 2. The van der Waals surface area contributed by atoms with Gasteiger partial charge in [-0.2, -0.15) is 0 Å². The van der Waals surface area contributed by atoms with E-state index >= 15 is 0 Å². The lowest BCUT2D eigenvalue weighted by atomic mass is 10.0. The molecule has 0 bridgehead atoms. The van der Waals surface area contributed by atoms with Crippen LogP contribution in [0.2, 0.25) is 0 Å². The smallest absolute Gasteiger partial charge is 0.193 e. The molecule has 0 aromatic heterocycles. The van der Waals surface area contributed by atoms with Crippen molar-refractivity contribution in [1.82, 2.24) is 4.90 Å². The first-order chi connectivity index (χ1) is 13.0. The Kier molecular flexibility index (Phi) is 8.65. The summed E-state index contributed by atoms with van der Waals surface area (Å²) in [6.07, 6.45) is 0. The minimum atomic E-state index is -0.240. The molecule has 3 N–H and O–H groups in total. The van der Waals surface area contributed by atoms with E-state index < -0.39 is 0 Å². The average Bonchev–Trinajstić information content (AvgIpc) is 2.66. The highest BCUT2D eigenvalue weighted by atomic mass is 127. The molecule has 1 atom stereocenters. The second-order valence-corrected chi connectivity index (χ2v) is 6.87. The summed E-state index contributed by atoms with van der Waals surface area (Å²) < 4.78 is 19.2. The van der Waals surface area contributed by atoms with E-state index in [2.05, 4.69) is 29.1 Å². The maximum absolute atomic E-state index is 13.7. The molecule has 0 spiro atoms. The van der Waals surface area contributed by atoms with Crippen molar-refractivity contribution < 1.29 is 9.13 Å². The standard InChI is InChI=1S/C21H27FN4O.HI/c1-15-6-7-19(12-16(15)2)25-21(23)24-14-20(26-8-10-27-11-9-26)17-4-3-5-18(22)13-17;/h3-7,12-13,20H,8-11,14H2,1-2H3,(H3,23,24,25);1H. The quantitative estimate of drug-likeness (QED) is 0.374. The lowest BCUT2D eigenvalue weighted by Crippen LogP contribution is -2.40.